The molecule has 1 heterocycles. The van der Waals surface area contributed by atoms with Gasteiger partial charge >= 0.3 is 0 Å². The van der Waals surface area contributed by atoms with Gasteiger partial charge in [-0.3, -0.25) is 4.79 Å². The molecule has 0 atom stereocenters. The van der Waals surface area contributed by atoms with Crippen LogP contribution >= 0.6 is 11.6 Å². The van der Waals surface area contributed by atoms with Crippen molar-refractivity contribution in [2.45, 2.75) is 25.7 Å². The van der Waals surface area contributed by atoms with E-state index in [1.807, 2.05) is 13.0 Å². The smallest absolute Gasteiger partial charge is 0.258 e. The number of anilines is 1. The number of benzene rings is 1. The lowest BCUT2D eigenvalue weighted by atomic mass is 10.2. The normalized spacial score (nSPS) is 11.6. The van der Waals surface area contributed by atoms with Gasteiger partial charge in [0.25, 0.3) is 5.91 Å². The fraction of sp³-hybridized carbons (Fsp3) is 0.294. The van der Waals surface area contributed by atoms with Crippen LogP contribution < -0.4 is 5.32 Å². The second-order valence-corrected chi connectivity index (χ2v) is 7.75. The number of aromatic nitrogens is 1. The number of carbonyl (C=O) groups excluding carboxylic acids is 1. The lowest BCUT2D eigenvalue weighted by Gasteiger charge is -2.19. The first-order valence-electron chi connectivity index (χ1n) is 7.83. The predicted octanol–water partition coefficient (Wildman–Crippen LogP) is 3.33. The van der Waals surface area contributed by atoms with Gasteiger partial charge in [0.15, 0.2) is 0 Å². The van der Waals surface area contributed by atoms with Crippen LogP contribution in [-0.2, 0) is 10.0 Å². The summed E-state index contributed by atoms with van der Waals surface area (Å²) in [6, 6.07) is 7.58. The number of aryl methyl sites for hydroxylation is 1. The van der Waals surface area contributed by atoms with Crippen LogP contribution in [0.4, 0.5) is 5.82 Å². The third-order valence-electron chi connectivity index (χ3n) is 3.68. The van der Waals surface area contributed by atoms with E-state index in [1.165, 1.54) is 22.5 Å². The van der Waals surface area contributed by atoms with Crippen LogP contribution in [0.25, 0.3) is 0 Å². The SMILES string of the molecule is CCN(CC)S(=O)(=O)c1ccc(Cl)c(C(=O)Nc2ccc(C)cn2)c1. The van der Waals surface area contributed by atoms with Crippen molar-refractivity contribution in [3.63, 3.8) is 0 Å². The summed E-state index contributed by atoms with van der Waals surface area (Å²) in [4.78, 5) is 16.6. The van der Waals surface area contributed by atoms with E-state index in [0.29, 0.717) is 18.9 Å². The maximum absolute atomic E-state index is 12.6. The highest BCUT2D eigenvalue weighted by atomic mass is 35.5. The van der Waals surface area contributed by atoms with Crippen molar-refractivity contribution < 1.29 is 13.2 Å². The fourth-order valence-corrected chi connectivity index (χ4v) is 3.96. The Morgan fingerprint density at radius 3 is 2.44 bits per heavy atom. The van der Waals surface area contributed by atoms with Crippen molar-refractivity contribution in [2.75, 3.05) is 18.4 Å². The summed E-state index contributed by atoms with van der Waals surface area (Å²) >= 11 is 6.09. The molecule has 0 spiro atoms. The van der Waals surface area contributed by atoms with E-state index in [1.54, 1.807) is 26.1 Å². The number of carbonyl (C=O) groups is 1. The summed E-state index contributed by atoms with van der Waals surface area (Å²) in [5.74, 6) is -0.151. The number of pyridine rings is 1. The number of sulfonamides is 1. The summed E-state index contributed by atoms with van der Waals surface area (Å²) < 4.78 is 26.5. The van der Waals surface area contributed by atoms with Gasteiger partial charge in [0.05, 0.1) is 15.5 Å². The average molecular weight is 382 g/mol. The first kappa shape index (κ1) is 19.4. The molecule has 8 heteroatoms. The zero-order chi connectivity index (χ0) is 18.6. The minimum atomic E-state index is -3.67. The molecule has 0 fully saturated rings. The van der Waals surface area contributed by atoms with Crippen LogP contribution in [0.2, 0.25) is 5.02 Å². The molecular formula is C17H20ClN3O3S. The second kappa shape index (κ2) is 7.95. The van der Waals surface area contributed by atoms with E-state index in [0.717, 1.165) is 5.56 Å². The molecule has 6 nitrogen and oxygen atoms in total. The van der Waals surface area contributed by atoms with Gasteiger partial charge in [-0.25, -0.2) is 13.4 Å². The first-order valence-corrected chi connectivity index (χ1v) is 9.65. The highest BCUT2D eigenvalue weighted by Gasteiger charge is 2.24. The Hall–Kier alpha value is -1.96. The quantitative estimate of drug-likeness (QED) is 0.832. The summed E-state index contributed by atoms with van der Waals surface area (Å²) in [6.07, 6.45) is 1.62. The van der Waals surface area contributed by atoms with E-state index in [2.05, 4.69) is 10.3 Å². The summed E-state index contributed by atoms with van der Waals surface area (Å²) in [6.45, 7) is 6.09. The van der Waals surface area contributed by atoms with Gasteiger partial charge in [-0.1, -0.05) is 31.5 Å². The van der Waals surface area contributed by atoms with Gasteiger partial charge < -0.3 is 5.32 Å². The standard InChI is InChI=1S/C17H20ClN3O3S/c1-4-21(5-2)25(23,24)13-7-8-15(18)14(10-13)17(22)20-16-9-6-12(3)11-19-16/h6-11H,4-5H2,1-3H3,(H,19,20,22). The van der Waals surface area contributed by atoms with E-state index in [4.69, 9.17) is 11.6 Å². The number of hydrogen-bond acceptors (Lipinski definition) is 4. The van der Waals surface area contributed by atoms with E-state index < -0.39 is 15.9 Å². The molecule has 0 unspecified atom stereocenters. The Bertz CT molecular complexity index is 863. The van der Waals surface area contributed by atoms with Gasteiger partial charge in [0, 0.05) is 19.3 Å². The molecule has 0 radical (unpaired) electrons. The number of rotatable bonds is 6. The number of halogens is 1. The van der Waals surface area contributed by atoms with Crippen LogP contribution in [-0.4, -0.2) is 36.7 Å². The molecule has 25 heavy (non-hydrogen) atoms. The van der Waals surface area contributed by atoms with Gasteiger partial charge in [-0.2, -0.15) is 4.31 Å². The van der Waals surface area contributed by atoms with Crippen molar-refractivity contribution >= 4 is 33.3 Å². The Morgan fingerprint density at radius 1 is 1.20 bits per heavy atom. The molecule has 0 aliphatic rings. The molecule has 134 valence electrons. The Morgan fingerprint density at radius 2 is 1.88 bits per heavy atom. The third-order valence-corrected chi connectivity index (χ3v) is 6.05. The van der Waals surface area contributed by atoms with Crippen molar-refractivity contribution in [3.05, 3.63) is 52.7 Å². The molecule has 1 aromatic heterocycles. The largest absolute Gasteiger partial charge is 0.307 e. The van der Waals surface area contributed by atoms with E-state index in [9.17, 15) is 13.2 Å². The molecule has 2 rings (SSSR count). The zero-order valence-electron chi connectivity index (χ0n) is 14.3. The lowest BCUT2D eigenvalue weighted by molar-refractivity contribution is 0.102. The van der Waals surface area contributed by atoms with Crippen molar-refractivity contribution in [3.8, 4) is 0 Å². The highest BCUT2D eigenvalue weighted by molar-refractivity contribution is 7.89. The Kier molecular flexibility index (Phi) is 6.16. The molecular weight excluding hydrogens is 362 g/mol. The summed E-state index contributed by atoms with van der Waals surface area (Å²) in [5, 5.41) is 2.79. The number of amides is 1. The molecule has 1 aromatic carbocycles. The van der Waals surface area contributed by atoms with E-state index in [-0.39, 0.29) is 15.5 Å². The van der Waals surface area contributed by atoms with Crippen LogP contribution in [0.5, 0.6) is 0 Å². The second-order valence-electron chi connectivity index (χ2n) is 5.41. The van der Waals surface area contributed by atoms with Gasteiger partial charge in [0.1, 0.15) is 5.82 Å². The van der Waals surface area contributed by atoms with Crippen LogP contribution in [0.1, 0.15) is 29.8 Å². The van der Waals surface area contributed by atoms with E-state index >= 15 is 0 Å². The number of nitrogens with zero attached hydrogens (tertiary/aromatic N) is 2. The number of nitrogens with one attached hydrogen (secondary N) is 1. The van der Waals surface area contributed by atoms with Crippen molar-refractivity contribution in [1.29, 1.82) is 0 Å². The Balaban J connectivity index is 2.35. The molecule has 0 aliphatic carbocycles. The summed E-state index contributed by atoms with van der Waals surface area (Å²) in [5.41, 5.74) is 1.04. The number of hydrogen-bond donors (Lipinski definition) is 1. The average Bonchev–Trinajstić information content (AvgIpc) is 2.58. The van der Waals surface area contributed by atoms with Crippen molar-refractivity contribution in [2.24, 2.45) is 0 Å². The molecule has 2 aromatic rings. The lowest BCUT2D eigenvalue weighted by Crippen LogP contribution is -2.30. The summed E-state index contributed by atoms with van der Waals surface area (Å²) in [7, 11) is -3.67. The first-order chi connectivity index (χ1) is 11.8. The van der Waals surface area contributed by atoms with Gasteiger partial charge in [-0.15, -0.1) is 0 Å². The van der Waals surface area contributed by atoms with Crippen molar-refractivity contribution in [1.82, 2.24) is 9.29 Å². The third kappa shape index (κ3) is 4.36. The van der Waals surface area contributed by atoms with Crippen LogP contribution in [0.3, 0.4) is 0 Å². The maximum atomic E-state index is 12.6. The van der Waals surface area contributed by atoms with Gasteiger partial charge in [0.2, 0.25) is 10.0 Å². The topological polar surface area (TPSA) is 79.4 Å². The molecule has 1 amide bonds. The zero-order valence-corrected chi connectivity index (χ0v) is 15.9. The fourth-order valence-electron chi connectivity index (χ4n) is 2.28. The molecule has 0 aliphatic heterocycles. The highest BCUT2D eigenvalue weighted by Crippen LogP contribution is 2.23. The van der Waals surface area contributed by atoms with Crippen LogP contribution in [0.15, 0.2) is 41.4 Å². The minimum absolute atomic E-state index is 0.0302. The minimum Gasteiger partial charge on any atom is -0.307 e. The Labute approximate surface area is 152 Å². The molecule has 1 N–H and O–H groups in total. The molecule has 0 saturated carbocycles. The molecule has 0 saturated heterocycles. The van der Waals surface area contributed by atoms with Gasteiger partial charge in [-0.05, 0) is 36.8 Å². The maximum Gasteiger partial charge on any atom is 0.258 e. The predicted molar refractivity (Wildman–Crippen MR) is 98.5 cm³/mol. The monoisotopic (exact) mass is 381 g/mol. The van der Waals surface area contributed by atoms with Crippen LogP contribution in [0, 0.1) is 6.92 Å². The molecule has 0 bridgehead atoms.